The first-order valence-electron chi connectivity index (χ1n) is 23.6. The Labute approximate surface area is 418 Å². The number of hydrogen-bond acceptors (Lipinski definition) is 13. The lowest BCUT2D eigenvalue weighted by molar-refractivity contribution is -0.136. The number of H-pyrrole nitrogens is 1. The van der Waals surface area contributed by atoms with Crippen molar-refractivity contribution in [3.63, 3.8) is 0 Å². The van der Waals surface area contributed by atoms with E-state index in [1.807, 2.05) is 27.7 Å². The molecule has 0 aliphatic carbocycles. The fourth-order valence-electron chi connectivity index (χ4n) is 7.29. The fourth-order valence-corrected chi connectivity index (χ4v) is 8.13. The lowest BCUT2D eigenvalue weighted by atomic mass is 9.98. The number of phenolic OH excluding ortho intramolecular Hbond substituents is 1. The quantitative estimate of drug-likeness (QED) is 0.0446. The van der Waals surface area contributed by atoms with Crippen molar-refractivity contribution >= 4 is 64.2 Å². The lowest BCUT2D eigenvalue weighted by Gasteiger charge is -2.29. The molecule has 0 spiro atoms. The van der Waals surface area contributed by atoms with Crippen molar-refractivity contribution in [2.45, 2.75) is 135 Å². The van der Waals surface area contributed by atoms with Crippen LogP contribution in [-0.4, -0.2) is 121 Å². The number of nitrogens with zero attached hydrogens (tertiary/aromatic N) is 1. The van der Waals surface area contributed by atoms with Gasteiger partial charge in [0.15, 0.2) is 0 Å². The molecule has 3 rings (SSSR count). The summed E-state index contributed by atoms with van der Waals surface area (Å²) in [5, 5.41) is 34.5. The van der Waals surface area contributed by atoms with Crippen LogP contribution in [0, 0.1) is 17.8 Å². The summed E-state index contributed by atoms with van der Waals surface area (Å²) >= 11 is 0.806. The molecule has 0 aliphatic heterocycles. The maximum absolute atomic E-state index is 14.3. The molecule has 22 heteroatoms. The molecule has 1 aromatic heterocycles. The summed E-state index contributed by atoms with van der Waals surface area (Å²) < 4.78 is 0. The molecule has 0 radical (unpaired) electrons. The van der Waals surface area contributed by atoms with Gasteiger partial charge in [-0.2, -0.15) is 0 Å². The predicted octanol–water partition coefficient (Wildman–Crippen LogP) is 1.13. The summed E-state index contributed by atoms with van der Waals surface area (Å²) in [7, 11) is 0. The second-order valence-corrected chi connectivity index (χ2v) is 19.7. The number of carbonyl (C=O) groups excluding carboxylic acids is 8. The van der Waals surface area contributed by atoms with Gasteiger partial charge in [-0.3, -0.25) is 43.2 Å². The fraction of sp³-hybridized carbons (Fsp3) is 0.510. The van der Waals surface area contributed by atoms with E-state index in [0.29, 0.717) is 16.8 Å². The Hall–Kier alpha value is -6.81. The Kier molecular flexibility index (Phi) is 24.2. The topological polar surface area (TPSA) is 347 Å². The number of benzene rings is 2. The van der Waals surface area contributed by atoms with Gasteiger partial charge in [-0.05, 0) is 66.7 Å². The van der Waals surface area contributed by atoms with Gasteiger partial charge in [-0.25, -0.2) is 4.98 Å². The Morgan fingerprint density at radius 1 is 0.620 bits per heavy atom. The largest absolute Gasteiger partial charge is 0.508 e. The highest BCUT2D eigenvalue weighted by Gasteiger charge is 2.35. The minimum absolute atomic E-state index is 0.0156. The second-order valence-electron chi connectivity index (χ2n) is 18.6. The number of aromatic hydroxyl groups is 1. The van der Waals surface area contributed by atoms with Crippen LogP contribution in [0.2, 0.25) is 0 Å². The van der Waals surface area contributed by atoms with Crippen molar-refractivity contribution < 1.29 is 53.4 Å². The number of aromatic nitrogens is 2. The molecule has 0 unspecified atom stereocenters. The number of nitrogens with two attached hydrogens (primary N) is 2. The molecule has 0 bridgehead atoms. The number of phenols is 1. The average molecular weight is 1010 g/mol. The number of amides is 7. The molecule has 0 fully saturated rings. The number of carboxylic acid groups (broad SMARTS) is 1. The maximum Gasteiger partial charge on any atom is 0.304 e. The van der Waals surface area contributed by atoms with Gasteiger partial charge in [-0.1, -0.05) is 95.8 Å². The smallest absolute Gasteiger partial charge is 0.304 e. The summed E-state index contributed by atoms with van der Waals surface area (Å²) in [4.78, 5) is 127. The van der Waals surface area contributed by atoms with Crippen LogP contribution < -0.4 is 43.4 Å². The standard InChI is InChI=1S/C49H70N10O11S/c1-27(2)20-36(45(66)58-39(21-28(3)4)49(70)71-19-18-41(62)63)55-46(67)37(23-30-10-8-7-9-11-30)57-48(69)42(29(5)6)59-47(68)38(24-32-25-52-26-53-32)56-44(65)35(16-17-40(51)61)54-43(64)34(50)22-31-12-14-33(60)15-13-31/h7-15,25-29,34-39,42,60H,16-24,50H2,1-6H3,(H2,51,61)(H,52,53)(H,54,64)(H,55,67)(H,56,65)(H,57,69)(H,58,66)(H,59,68)(H,62,63)/t34-,35-,36-,37-,38-,39-,42-/m0/s1. The first kappa shape index (κ1) is 58.5. The zero-order valence-electron chi connectivity index (χ0n) is 41.1. The zero-order valence-corrected chi connectivity index (χ0v) is 41.9. The third-order valence-electron chi connectivity index (χ3n) is 11.0. The molecule has 2 aromatic carbocycles. The number of nitrogens with one attached hydrogen (secondary N) is 7. The van der Waals surface area contributed by atoms with E-state index in [1.54, 1.807) is 56.3 Å². The molecule has 21 nitrogen and oxygen atoms in total. The number of rotatable bonds is 30. The number of aromatic amines is 1. The number of carboxylic acids is 1. The van der Waals surface area contributed by atoms with Crippen molar-refractivity contribution in [3.8, 4) is 5.75 Å². The molecule has 388 valence electrons. The number of carbonyl (C=O) groups is 9. The van der Waals surface area contributed by atoms with Gasteiger partial charge in [-0.15, -0.1) is 0 Å². The first-order valence-corrected chi connectivity index (χ1v) is 24.5. The normalized spacial score (nSPS) is 14.2. The number of aliphatic carboxylic acids is 1. The zero-order chi connectivity index (χ0) is 52.8. The van der Waals surface area contributed by atoms with E-state index >= 15 is 0 Å². The van der Waals surface area contributed by atoms with E-state index in [0.717, 1.165) is 11.8 Å². The van der Waals surface area contributed by atoms with Gasteiger partial charge < -0.3 is 58.6 Å². The number of hydrogen-bond donors (Lipinski definition) is 11. The van der Waals surface area contributed by atoms with Crippen molar-refractivity contribution in [2.75, 3.05) is 5.75 Å². The number of thioether (sulfide) groups is 1. The van der Waals surface area contributed by atoms with Crippen LogP contribution >= 0.6 is 11.8 Å². The highest BCUT2D eigenvalue weighted by molar-refractivity contribution is 8.13. The van der Waals surface area contributed by atoms with Crippen LogP contribution in [0.5, 0.6) is 5.75 Å². The first-order chi connectivity index (χ1) is 33.5. The molecule has 0 saturated heterocycles. The third kappa shape index (κ3) is 21.4. The van der Waals surface area contributed by atoms with E-state index in [2.05, 4.69) is 41.9 Å². The summed E-state index contributed by atoms with van der Waals surface area (Å²) in [5.74, 6) is -7.08. The maximum atomic E-state index is 14.3. The molecule has 7 amide bonds. The average Bonchev–Trinajstić information content (AvgIpc) is 3.82. The lowest BCUT2D eigenvalue weighted by Crippen LogP contribution is -2.61. The second kappa shape index (κ2) is 29.4. The van der Waals surface area contributed by atoms with E-state index in [-0.39, 0.29) is 74.7 Å². The van der Waals surface area contributed by atoms with Gasteiger partial charge in [0.1, 0.15) is 36.0 Å². The van der Waals surface area contributed by atoms with Gasteiger partial charge >= 0.3 is 5.97 Å². The van der Waals surface area contributed by atoms with Crippen LogP contribution in [-0.2, 0) is 62.4 Å². The summed E-state index contributed by atoms with van der Waals surface area (Å²) in [6, 6.07) is 6.18. The summed E-state index contributed by atoms with van der Waals surface area (Å²) in [5.41, 5.74) is 13.3. The van der Waals surface area contributed by atoms with Crippen molar-refractivity contribution in [2.24, 2.45) is 29.2 Å². The Morgan fingerprint density at radius 3 is 1.72 bits per heavy atom. The van der Waals surface area contributed by atoms with Crippen LogP contribution in [0.3, 0.4) is 0 Å². The van der Waals surface area contributed by atoms with Gasteiger partial charge in [0.2, 0.25) is 46.5 Å². The van der Waals surface area contributed by atoms with E-state index in [4.69, 9.17) is 16.6 Å². The molecule has 71 heavy (non-hydrogen) atoms. The molecule has 1 heterocycles. The molecular weight excluding hydrogens is 937 g/mol. The number of primary amides is 1. The Morgan fingerprint density at radius 2 is 1.14 bits per heavy atom. The van der Waals surface area contributed by atoms with E-state index in [1.165, 1.54) is 24.7 Å². The molecule has 13 N–H and O–H groups in total. The monoisotopic (exact) mass is 1010 g/mol. The molecule has 0 saturated carbocycles. The Bertz CT molecular complexity index is 2240. The van der Waals surface area contributed by atoms with Crippen LogP contribution in [0.15, 0.2) is 67.1 Å². The predicted molar refractivity (Wildman–Crippen MR) is 266 cm³/mol. The SMILES string of the molecule is CC(C)C[C@H](NC(=O)[C@H](Cc1ccccc1)NC(=O)[C@@H](NC(=O)[C@H](Cc1cnc[nH]1)NC(=O)[C@H](CCC(N)=O)NC(=O)[C@@H](N)Cc1ccc(O)cc1)C(C)C)C(=O)N[C@@H](CC(C)C)C(=O)SCCC(=O)O. The minimum atomic E-state index is -1.39. The molecular formula is C49H70N10O11S. The summed E-state index contributed by atoms with van der Waals surface area (Å²) in [6.45, 7) is 10.8. The molecule has 7 atom stereocenters. The van der Waals surface area contributed by atoms with Gasteiger partial charge in [0.25, 0.3) is 0 Å². The highest BCUT2D eigenvalue weighted by atomic mass is 32.2. The van der Waals surface area contributed by atoms with Crippen molar-refractivity contribution in [1.82, 2.24) is 41.9 Å². The summed E-state index contributed by atoms with van der Waals surface area (Å²) in [6.07, 6.45) is 2.26. The van der Waals surface area contributed by atoms with E-state index in [9.17, 15) is 48.3 Å². The molecule has 3 aromatic rings. The van der Waals surface area contributed by atoms with Crippen LogP contribution in [0.1, 0.15) is 90.5 Å². The van der Waals surface area contributed by atoms with Gasteiger partial charge in [0, 0.05) is 36.9 Å². The Balaban J connectivity index is 1.88. The van der Waals surface area contributed by atoms with Crippen molar-refractivity contribution in [1.29, 1.82) is 0 Å². The van der Waals surface area contributed by atoms with Gasteiger partial charge in [0.05, 0.1) is 24.8 Å². The number of imidazole rings is 1. The van der Waals surface area contributed by atoms with Crippen molar-refractivity contribution in [3.05, 3.63) is 83.9 Å². The highest BCUT2D eigenvalue weighted by Crippen LogP contribution is 2.17. The molecule has 0 aliphatic rings. The van der Waals surface area contributed by atoms with Crippen LogP contribution in [0.25, 0.3) is 0 Å². The van der Waals surface area contributed by atoms with E-state index < -0.39 is 101 Å². The van der Waals surface area contributed by atoms with Crippen LogP contribution in [0.4, 0.5) is 0 Å². The third-order valence-corrected chi connectivity index (χ3v) is 12.0. The minimum Gasteiger partial charge on any atom is -0.508 e.